The molecule has 98 valence electrons. The van der Waals surface area contributed by atoms with Gasteiger partial charge >= 0.3 is 0 Å². The highest BCUT2D eigenvalue weighted by Crippen LogP contribution is 2.24. The van der Waals surface area contributed by atoms with Crippen molar-refractivity contribution in [2.45, 2.75) is 24.3 Å². The molecule has 18 heavy (non-hydrogen) atoms. The molecule has 0 heterocycles. The maximum absolute atomic E-state index is 12.0. The van der Waals surface area contributed by atoms with Gasteiger partial charge in [0.15, 0.2) is 0 Å². The third-order valence-corrected chi connectivity index (χ3v) is 3.89. The average molecular weight is 268 g/mol. The van der Waals surface area contributed by atoms with Gasteiger partial charge in [-0.25, -0.2) is 8.42 Å². The van der Waals surface area contributed by atoms with Crippen molar-refractivity contribution in [2.75, 3.05) is 12.8 Å². The van der Waals surface area contributed by atoms with Crippen molar-refractivity contribution >= 4 is 15.7 Å². The lowest BCUT2D eigenvalue weighted by molar-refractivity contribution is 0.416. The van der Waals surface area contributed by atoms with Gasteiger partial charge < -0.3 is 10.5 Å². The molecule has 0 spiro atoms. The van der Waals surface area contributed by atoms with Crippen LogP contribution in [-0.2, 0) is 10.0 Å². The first kappa shape index (κ1) is 14.4. The molecule has 3 N–H and O–H groups in total. The molecule has 1 unspecified atom stereocenters. The van der Waals surface area contributed by atoms with E-state index in [1.54, 1.807) is 6.92 Å². The fourth-order valence-corrected chi connectivity index (χ4v) is 2.64. The predicted octanol–water partition coefficient (Wildman–Crippen LogP) is 0.968. The number of ether oxygens (including phenoxy) is 1. The molecule has 1 aromatic rings. The SMILES string of the molecule is C#CC(CC)NS(=O)(=O)c1ccc(OC)c(N)c1. The zero-order chi connectivity index (χ0) is 13.8. The highest BCUT2D eigenvalue weighted by atomic mass is 32.2. The lowest BCUT2D eigenvalue weighted by Crippen LogP contribution is -2.33. The molecule has 1 aromatic carbocycles. The van der Waals surface area contributed by atoms with E-state index < -0.39 is 16.1 Å². The lowest BCUT2D eigenvalue weighted by atomic mass is 10.3. The highest BCUT2D eigenvalue weighted by Gasteiger charge is 2.18. The number of anilines is 1. The fourth-order valence-electron chi connectivity index (χ4n) is 1.37. The number of sulfonamides is 1. The van der Waals surface area contributed by atoms with Gasteiger partial charge in [-0.3, -0.25) is 0 Å². The lowest BCUT2D eigenvalue weighted by Gasteiger charge is -2.12. The molecule has 0 aliphatic heterocycles. The zero-order valence-electron chi connectivity index (χ0n) is 10.3. The third-order valence-electron chi connectivity index (χ3n) is 2.42. The number of nitrogens with one attached hydrogen (secondary N) is 1. The van der Waals surface area contributed by atoms with Crippen LogP contribution in [0.4, 0.5) is 5.69 Å². The quantitative estimate of drug-likeness (QED) is 0.616. The Morgan fingerprint density at radius 2 is 2.22 bits per heavy atom. The number of rotatable bonds is 5. The van der Waals surface area contributed by atoms with Crippen LogP contribution in [0.1, 0.15) is 13.3 Å². The van der Waals surface area contributed by atoms with Gasteiger partial charge in [0.25, 0.3) is 0 Å². The van der Waals surface area contributed by atoms with Crippen LogP contribution in [0.3, 0.4) is 0 Å². The smallest absolute Gasteiger partial charge is 0.241 e. The monoisotopic (exact) mass is 268 g/mol. The first-order chi connectivity index (χ1) is 8.44. The Kier molecular flexibility index (Phi) is 4.59. The van der Waals surface area contributed by atoms with E-state index in [2.05, 4.69) is 10.6 Å². The first-order valence-corrected chi connectivity index (χ1v) is 6.85. The number of nitrogens with two attached hydrogens (primary N) is 1. The molecule has 0 aromatic heterocycles. The molecule has 0 bridgehead atoms. The Labute approximate surface area is 107 Å². The maximum Gasteiger partial charge on any atom is 0.241 e. The van der Waals surface area contributed by atoms with Crippen molar-refractivity contribution in [3.05, 3.63) is 18.2 Å². The summed E-state index contributed by atoms with van der Waals surface area (Å²) >= 11 is 0. The van der Waals surface area contributed by atoms with Crippen molar-refractivity contribution in [3.8, 4) is 18.1 Å². The summed E-state index contributed by atoms with van der Waals surface area (Å²) in [5.74, 6) is 2.80. The molecule has 0 fully saturated rings. The van der Waals surface area contributed by atoms with E-state index in [9.17, 15) is 8.42 Å². The van der Waals surface area contributed by atoms with E-state index in [0.717, 1.165) is 0 Å². The summed E-state index contributed by atoms with van der Waals surface area (Å²) in [6, 6.07) is 3.73. The molecule has 0 aliphatic carbocycles. The van der Waals surface area contributed by atoms with Crippen molar-refractivity contribution in [2.24, 2.45) is 0 Å². The molecule has 1 rings (SSSR count). The maximum atomic E-state index is 12.0. The first-order valence-electron chi connectivity index (χ1n) is 5.36. The van der Waals surface area contributed by atoms with E-state index in [-0.39, 0.29) is 10.6 Å². The van der Waals surface area contributed by atoms with Gasteiger partial charge in [0, 0.05) is 0 Å². The Bertz CT molecular complexity index is 561. The molecule has 0 amide bonds. The molecule has 0 saturated heterocycles. The normalized spacial score (nSPS) is 12.7. The summed E-state index contributed by atoms with van der Waals surface area (Å²) in [7, 11) is -2.20. The van der Waals surface area contributed by atoms with Crippen LogP contribution in [0.2, 0.25) is 0 Å². The molecular weight excluding hydrogens is 252 g/mol. The number of terminal acetylenes is 1. The average Bonchev–Trinajstić information content (AvgIpc) is 2.35. The van der Waals surface area contributed by atoms with Gasteiger partial charge in [-0.15, -0.1) is 6.42 Å². The van der Waals surface area contributed by atoms with E-state index in [4.69, 9.17) is 16.9 Å². The molecule has 0 saturated carbocycles. The van der Waals surface area contributed by atoms with Gasteiger partial charge in [0.2, 0.25) is 10.0 Å². The van der Waals surface area contributed by atoms with Crippen LogP contribution in [0.25, 0.3) is 0 Å². The Morgan fingerprint density at radius 3 is 2.67 bits per heavy atom. The third kappa shape index (κ3) is 3.15. The Balaban J connectivity index is 3.06. The van der Waals surface area contributed by atoms with Gasteiger partial charge in [-0.1, -0.05) is 12.8 Å². The second kappa shape index (κ2) is 5.76. The standard InChI is InChI=1S/C12H16N2O3S/c1-4-9(5-2)14-18(15,16)10-6-7-12(17-3)11(13)8-10/h1,6-9,14H,5,13H2,2-3H3. The van der Waals surface area contributed by atoms with E-state index >= 15 is 0 Å². The van der Waals surface area contributed by atoms with E-state index in [1.165, 1.54) is 25.3 Å². The second-order valence-corrected chi connectivity index (χ2v) is 5.37. The van der Waals surface area contributed by atoms with Crippen LogP contribution >= 0.6 is 0 Å². The summed E-state index contributed by atoms with van der Waals surface area (Å²) in [5.41, 5.74) is 5.93. The van der Waals surface area contributed by atoms with Crippen LogP contribution < -0.4 is 15.2 Å². The Hall–Kier alpha value is -1.71. The van der Waals surface area contributed by atoms with Gasteiger partial charge in [-0.2, -0.15) is 4.72 Å². The minimum absolute atomic E-state index is 0.0644. The molecule has 0 aliphatic rings. The molecular formula is C12H16N2O3S. The number of nitrogen functional groups attached to an aromatic ring is 1. The molecule has 5 nitrogen and oxygen atoms in total. The fraction of sp³-hybridized carbons (Fsp3) is 0.333. The number of benzene rings is 1. The van der Waals surface area contributed by atoms with Gasteiger partial charge in [0.1, 0.15) is 5.75 Å². The van der Waals surface area contributed by atoms with Crippen LogP contribution in [-0.4, -0.2) is 21.6 Å². The molecule has 1 atom stereocenters. The van der Waals surface area contributed by atoms with Crippen LogP contribution in [0.5, 0.6) is 5.75 Å². The largest absolute Gasteiger partial charge is 0.495 e. The van der Waals surface area contributed by atoms with Crippen molar-refractivity contribution in [1.29, 1.82) is 0 Å². The summed E-state index contributed by atoms with van der Waals surface area (Å²) in [4.78, 5) is 0.0644. The van der Waals surface area contributed by atoms with Crippen LogP contribution in [0, 0.1) is 12.3 Å². The van der Waals surface area contributed by atoms with Crippen molar-refractivity contribution in [3.63, 3.8) is 0 Å². The number of methoxy groups -OCH3 is 1. The summed E-state index contributed by atoms with van der Waals surface area (Å²) in [6.07, 6.45) is 5.74. The topological polar surface area (TPSA) is 81.4 Å². The molecule has 6 heteroatoms. The number of hydrogen-bond donors (Lipinski definition) is 2. The van der Waals surface area contributed by atoms with E-state index in [0.29, 0.717) is 12.2 Å². The molecule has 0 radical (unpaired) electrons. The summed E-state index contributed by atoms with van der Waals surface area (Å²) in [6.45, 7) is 1.80. The van der Waals surface area contributed by atoms with E-state index in [1.807, 2.05) is 0 Å². The van der Waals surface area contributed by atoms with Crippen molar-refractivity contribution < 1.29 is 13.2 Å². The second-order valence-electron chi connectivity index (χ2n) is 3.65. The minimum Gasteiger partial charge on any atom is -0.495 e. The summed E-state index contributed by atoms with van der Waals surface area (Å²) in [5, 5.41) is 0. The number of hydrogen-bond acceptors (Lipinski definition) is 4. The zero-order valence-corrected chi connectivity index (χ0v) is 11.1. The Morgan fingerprint density at radius 1 is 1.56 bits per heavy atom. The highest BCUT2D eigenvalue weighted by molar-refractivity contribution is 7.89. The minimum atomic E-state index is -3.66. The van der Waals surface area contributed by atoms with Crippen LogP contribution in [0.15, 0.2) is 23.1 Å². The predicted molar refractivity (Wildman–Crippen MR) is 70.6 cm³/mol. The van der Waals surface area contributed by atoms with Crippen molar-refractivity contribution in [1.82, 2.24) is 4.72 Å². The van der Waals surface area contributed by atoms with Gasteiger partial charge in [0.05, 0.1) is 23.7 Å². The van der Waals surface area contributed by atoms with Gasteiger partial charge in [-0.05, 0) is 24.6 Å². The summed E-state index contributed by atoms with van der Waals surface area (Å²) < 4.78 is 31.4.